The zero-order valence-electron chi connectivity index (χ0n) is 12.4. The molecule has 0 radical (unpaired) electrons. The monoisotopic (exact) mass is 302 g/mol. The Hall–Kier alpha value is -0.910. The number of hydrogen-bond donors (Lipinski definition) is 2. The molecule has 2 N–H and O–H groups in total. The Kier molecular flexibility index (Phi) is 7.80. The van der Waals surface area contributed by atoms with Gasteiger partial charge >= 0.3 is 12.0 Å². The topological polar surface area (TPSA) is 69.6 Å². The number of carbonyl (C=O) groups excluding carboxylic acids is 1. The second-order valence-electron chi connectivity index (χ2n) is 5.23. The summed E-state index contributed by atoms with van der Waals surface area (Å²) < 4.78 is 0. The first kappa shape index (κ1) is 17.1. The lowest BCUT2D eigenvalue weighted by Crippen LogP contribution is -2.51. The smallest absolute Gasteiger partial charge is 0.326 e. The van der Waals surface area contributed by atoms with Crippen molar-refractivity contribution in [1.29, 1.82) is 0 Å². The summed E-state index contributed by atoms with van der Waals surface area (Å²) in [6.45, 7) is 2.82. The standard InChI is InChI=1S/C14H26N2O3S/c1-3-11-7-5-4-6-9-16(11)14(19)15-12(13(17)18)8-10-20-2/h11-12H,3-10H2,1-2H3,(H,15,19)(H,17,18)/t11?,12-/m1/s1. The number of carboxylic acid groups (broad SMARTS) is 1. The molecule has 0 aliphatic carbocycles. The van der Waals surface area contributed by atoms with Gasteiger partial charge in [0.05, 0.1) is 0 Å². The van der Waals surface area contributed by atoms with Crippen LogP contribution in [0.1, 0.15) is 45.4 Å². The normalized spacial score (nSPS) is 21.1. The van der Waals surface area contributed by atoms with Crippen LogP contribution in [-0.4, -0.2) is 52.6 Å². The molecule has 1 rings (SSSR count). The second-order valence-corrected chi connectivity index (χ2v) is 6.21. The van der Waals surface area contributed by atoms with Gasteiger partial charge in [0.2, 0.25) is 0 Å². The fourth-order valence-corrected chi connectivity index (χ4v) is 3.07. The largest absolute Gasteiger partial charge is 0.480 e. The van der Waals surface area contributed by atoms with Crippen LogP contribution in [0.25, 0.3) is 0 Å². The Morgan fingerprint density at radius 3 is 2.75 bits per heavy atom. The highest BCUT2D eigenvalue weighted by molar-refractivity contribution is 7.98. The minimum Gasteiger partial charge on any atom is -0.480 e. The van der Waals surface area contributed by atoms with Crippen LogP contribution in [0.5, 0.6) is 0 Å². The minimum atomic E-state index is -0.949. The number of rotatable bonds is 6. The Morgan fingerprint density at radius 2 is 2.15 bits per heavy atom. The number of amides is 2. The van der Waals surface area contributed by atoms with Gasteiger partial charge in [-0.05, 0) is 37.7 Å². The lowest BCUT2D eigenvalue weighted by molar-refractivity contribution is -0.139. The van der Waals surface area contributed by atoms with Crippen LogP contribution < -0.4 is 5.32 Å². The number of carbonyl (C=O) groups is 2. The third-order valence-corrected chi connectivity index (χ3v) is 4.46. The fraction of sp³-hybridized carbons (Fsp3) is 0.857. The number of nitrogens with one attached hydrogen (secondary N) is 1. The van der Waals surface area contributed by atoms with E-state index in [1.807, 2.05) is 11.2 Å². The quantitative estimate of drug-likeness (QED) is 0.791. The minimum absolute atomic E-state index is 0.216. The molecule has 1 saturated heterocycles. The van der Waals surface area contributed by atoms with E-state index >= 15 is 0 Å². The van der Waals surface area contributed by atoms with Gasteiger partial charge < -0.3 is 15.3 Å². The number of likely N-dealkylation sites (tertiary alicyclic amines) is 1. The summed E-state index contributed by atoms with van der Waals surface area (Å²) in [6, 6.07) is -0.754. The van der Waals surface area contributed by atoms with Gasteiger partial charge in [0.1, 0.15) is 6.04 Å². The molecule has 0 aromatic heterocycles. The van der Waals surface area contributed by atoms with Gasteiger partial charge in [-0.25, -0.2) is 9.59 Å². The van der Waals surface area contributed by atoms with Crippen molar-refractivity contribution in [1.82, 2.24) is 10.2 Å². The first-order valence-corrected chi connectivity index (χ1v) is 8.78. The molecule has 1 aliphatic heterocycles. The summed E-state index contributed by atoms with van der Waals surface area (Å²) >= 11 is 1.59. The van der Waals surface area contributed by atoms with Gasteiger partial charge in [-0.3, -0.25) is 0 Å². The molecular formula is C14H26N2O3S. The fourth-order valence-electron chi connectivity index (χ4n) is 2.59. The van der Waals surface area contributed by atoms with E-state index in [2.05, 4.69) is 12.2 Å². The van der Waals surface area contributed by atoms with Crippen molar-refractivity contribution in [2.75, 3.05) is 18.6 Å². The van der Waals surface area contributed by atoms with E-state index < -0.39 is 12.0 Å². The van der Waals surface area contributed by atoms with Crippen molar-refractivity contribution < 1.29 is 14.7 Å². The second kappa shape index (κ2) is 9.10. The van der Waals surface area contributed by atoms with Crippen molar-refractivity contribution in [3.8, 4) is 0 Å². The van der Waals surface area contributed by atoms with Gasteiger partial charge in [-0.15, -0.1) is 0 Å². The van der Waals surface area contributed by atoms with Gasteiger partial charge in [-0.1, -0.05) is 19.8 Å². The third kappa shape index (κ3) is 5.23. The summed E-state index contributed by atoms with van der Waals surface area (Å²) in [4.78, 5) is 25.4. The summed E-state index contributed by atoms with van der Waals surface area (Å²) in [5.41, 5.74) is 0. The molecule has 1 aliphatic rings. The van der Waals surface area contributed by atoms with E-state index in [1.54, 1.807) is 11.8 Å². The summed E-state index contributed by atoms with van der Waals surface area (Å²) in [5.74, 6) is -0.218. The molecule has 0 aromatic rings. The first-order chi connectivity index (χ1) is 9.60. The van der Waals surface area contributed by atoms with Crippen molar-refractivity contribution in [2.45, 2.75) is 57.5 Å². The third-order valence-electron chi connectivity index (χ3n) is 3.82. The van der Waals surface area contributed by atoms with E-state index in [4.69, 9.17) is 0 Å². The average molecular weight is 302 g/mol. The lowest BCUT2D eigenvalue weighted by Gasteiger charge is -2.30. The molecular weight excluding hydrogens is 276 g/mol. The maximum atomic E-state index is 12.3. The zero-order chi connectivity index (χ0) is 15.0. The molecule has 0 aromatic carbocycles. The van der Waals surface area contributed by atoms with Gasteiger partial charge in [0.15, 0.2) is 0 Å². The van der Waals surface area contributed by atoms with Crippen LogP contribution in [0, 0.1) is 0 Å². The highest BCUT2D eigenvalue weighted by Gasteiger charge is 2.27. The van der Waals surface area contributed by atoms with Gasteiger partial charge in [0.25, 0.3) is 0 Å². The number of aliphatic carboxylic acids is 1. The molecule has 116 valence electrons. The van der Waals surface area contributed by atoms with Crippen LogP contribution >= 0.6 is 11.8 Å². The van der Waals surface area contributed by atoms with Gasteiger partial charge in [0, 0.05) is 12.6 Å². The lowest BCUT2D eigenvalue weighted by atomic mass is 10.1. The number of carboxylic acids is 1. The number of nitrogens with zero attached hydrogens (tertiary/aromatic N) is 1. The summed E-state index contributed by atoms with van der Waals surface area (Å²) in [5, 5.41) is 11.9. The molecule has 2 amide bonds. The average Bonchev–Trinajstić information content (AvgIpc) is 2.67. The van der Waals surface area contributed by atoms with Crippen molar-refractivity contribution in [3.05, 3.63) is 0 Å². The van der Waals surface area contributed by atoms with Crippen molar-refractivity contribution >= 4 is 23.8 Å². The van der Waals surface area contributed by atoms with Gasteiger partial charge in [-0.2, -0.15) is 11.8 Å². The van der Waals surface area contributed by atoms with E-state index in [1.165, 1.54) is 0 Å². The van der Waals surface area contributed by atoms with Crippen LogP contribution in [0.15, 0.2) is 0 Å². The maximum absolute atomic E-state index is 12.3. The SMILES string of the molecule is CCC1CCCCCN1C(=O)N[C@H](CCSC)C(=O)O. The molecule has 6 heteroatoms. The van der Waals surface area contributed by atoms with Crippen molar-refractivity contribution in [2.24, 2.45) is 0 Å². The Balaban J connectivity index is 2.62. The molecule has 5 nitrogen and oxygen atoms in total. The summed E-state index contributed by atoms with van der Waals surface area (Å²) in [7, 11) is 0. The maximum Gasteiger partial charge on any atom is 0.326 e. The highest BCUT2D eigenvalue weighted by atomic mass is 32.2. The van der Waals surface area contributed by atoms with E-state index in [-0.39, 0.29) is 12.1 Å². The highest BCUT2D eigenvalue weighted by Crippen LogP contribution is 2.19. The molecule has 2 atom stereocenters. The molecule has 1 fully saturated rings. The Labute approximate surface area is 125 Å². The van der Waals surface area contributed by atoms with Crippen LogP contribution in [-0.2, 0) is 4.79 Å². The molecule has 0 spiro atoms. The predicted molar refractivity (Wildman–Crippen MR) is 82.2 cm³/mol. The number of urea groups is 1. The van der Waals surface area contributed by atoms with Crippen LogP contribution in [0.3, 0.4) is 0 Å². The molecule has 0 bridgehead atoms. The predicted octanol–water partition coefficient (Wildman–Crippen LogP) is 2.56. The molecule has 1 heterocycles. The molecule has 20 heavy (non-hydrogen) atoms. The van der Waals surface area contributed by atoms with E-state index in [9.17, 15) is 14.7 Å². The Bertz CT molecular complexity index is 326. The van der Waals surface area contributed by atoms with E-state index in [0.29, 0.717) is 6.42 Å². The molecule has 0 saturated carbocycles. The first-order valence-electron chi connectivity index (χ1n) is 7.39. The van der Waals surface area contributed by atoms with Crippen LogP contribution in [0.4, 0.5) is 4.79 Å². The number of hydrogen-bond acceptors (Lipinski definition) is 3. The van der Waals surface area contributed by atoms with Crippen molar-refractivity contribution in [3.63, 3.8) is 0 Å². The number of thioether (sulfide) groups is 1. The van der Waals surface area contributed by atoms with Crippen LogP contribution in [0.2, 0.25) is 0 Å². The Morgan fingerprint density at radius 1 is 1.40 bits per heavy atom. The summed E-state index contributed by atoms with van der Waals surface area (Å²) in [6.07, 6.45) is 7.65. The zero-order valence-corrected chi connectivity index (χ0v) is 13.2. The molecule has 1 unspecified atom stereocenters. The van der Waals surface area contributed by atoms with E-state index in [0.717, 1.165) is 44.4 Å².